The molecular formula is C17H24ClN3O3. The third kappa shape index (κ3) is 4.45. The lowest BCUT2D eigenvalue weighted by atomic mass is 10.2. The summed E-state index contributed by atoms with van der Waals surface area (Å²) in [4.78, 5) is 4.62. The smallest absolute Gasteiger partial charge is 0.191 e. The molecule has 2 N–H and O–H groups in total. The minimum Gasteiger partial charge on any atom is -0.486 e. The fourth-order valence-electron chi connectivity index (χ4n) is 2.78. The van der Waals surface area contributed by atoms with Gasteiger partial charge in [-0.15, -0.1) is 0 Å². The quantitative estimate of drug-likeness (QED) is 0.628. The second-order valence-corrected chi connectivity index (χ2v) is 6.22. The van der Waals surface area contributed by atoms with Gasteiger partial charge < -0.3 is 24.8 Å². The van der Waals surface area contributed by atoms with E-state index in [1.165, 1.54) is 0 Å². The van der Waals surface area contributed by atoms with E-state index in [1.807, 2.05) is 19.1 Å². The SMILES string of the molecule is CCNC(=NCc1cc(Cl)c2c(c1)OCCO2)NCC1CCCO1. The van der Waals surface area contributed by atoms with Gasteiger partial charge in [0.15, 0.2) is 17.5 Å². The molecule has 1 saturated heterocycles. The van der Waals surface area contributed by atoms with E-state index >= 15 is 0 Å². The average Bonchev–Trinajstić information content (AvgIpc) is 3.11. The van der Waals surface area contributed by atoms with Crippen LogP contribution in [-0.2, 0) is 11.3 Å². The molecule has 1 atom stereocenters. The average molecular weight is 354 g/mol. The lowest BCUT2D eigenvalue weighted by molar-refractivity contribution is 0.114. The number of aliphatic imine (C=N–C) groups is 1. The summed E-state index contributed by atoms with van der Waals surface area (Å²) < 4.78 is 16.8. The zero-order valence-electron chi connectivity index (χ0n) is 13.9. The van der Waals surface area contributed by atoms with Crippen LogP contribution in [0.4, 0.5) is 0 Å². The predicted molar refractivity (Wildman–Crippen MR) is 94.2 cm³/mol. The van der Waals surface area contributed by atoms with Crippen LogP contribution in [0.3, 0.4) is 0 Å². The van der Waals surface area contributed by atoms with Gasteiger partial charge in [0.25, 0.3) is 0 Å². The molecule has 3 rings (SSSR count). The Morgan fingerprint density at radius 3 is 2.92 bits per heavy atom. The molecule has 1 aromatic rings. The van der Waals surface area contributed by atoms with Crippen molar-refractivity contribution in [2.45, 2.75) is 32.4 Å². The third-order valence-corrected chi connectivity index (χ3v) is 4.22. The maximum atomic E-state index is 6.27. The lowest BCUT2D eigenvalue weighted by Crippen LogP contribution is -2.41. The van der Waals surface area contributed by atoms with Crippen molar-refractivity contribution in [3.05, 3.63) is 22.7 Å². The molecule has 6 nitrogen and oxygen atoms in total. The lowest BCUT2D eigenvalue weighted by Gasteiger charge is -2.20. The van der Waals surface area contributed by atoms with E-state index in [4.69, 9.17) is 25.8 Å². The highest BCUT2D eigenvalue weighted by molar-refractivity contribution is 6.32. The van der Waals surface area contributed by atoms with Crippen molar-refractivity contribution in [2.75, 3.05) is 32.9 Å². The van der Waals surface area contributed by atoms with Crippen molar-refractivity contribution in [1.29, 1.82) is 0 Å². The van der Waals surface area contributed by atoms with Crippen LogP contribution < -0.4 is 20.1 Å². The number of guanidine groups is 1. The van der Waals surface area contributed by atoms with Crippen LogP contribution in [0.5, 0.6) is 11.5 Å². The first kappa shape index (κ1) is 17.2. The van der Waals surface area contributed by atoms with Gasteiger partial charge in [0.1, 0.15) is 13.2 Å². The molecule has 132 valence electrons. The number of hydrogen-bond donors (Lipinski definition) is 2. The van der Waals surface area contributed by atoms with Crippen LogP contribution in [0.15, 0.2) is 17.1 Å². The Kier molecular flexibility index (Phi) is 6.04. The Morgan fingerprint density at radius 1 is 1.25 bits per heavy atom. The zero-order chi connectivity index (χ0) is 16.8. The van der Waals surface area contributed by atoms with Crippen LogP contribution in [0.25, 0.3) is 0 Å². The van der Waals surface area contributed by atoms with Gasteiger partial charge in [-0.1, -0.05) is 11.6 Å². The highest BCUT2D eigenvalue weighted by Gasteiger charge is 2.17. The summed E-state index contributed by atoms with van der Waals surface area (Å²) in [5.74, 6) is 2.09. The molecule has 1 unspecified atom stereocenters. The van der Waals surface area contributed by atoms with E-state index in [1.54, 1.807) is 0 Å². The first-order valence-corrected chi connectivity index (χ1v) is 8.86. The third-order valence-electron chi connectivity index (χ3n) is 3.94. The Balaban J connectivity index is 1.63. The number of halogens is 1. The molecule has 2 aliphatic rings. The molecule has 1 aromatic carbocycles. The van der Waals surface area contributed by atoms with Gasteiger partial charge in [-0.3, -0.25) is 0 Å². The highest BCUT2D eigenvalue weighted by Crippen LogP contribution is 2.38. The second kappa shape index (κ2) is 8.44. The molecule has 0 bridgehead atoms. The van der Waals surface area contributed by atoms with E-state index in [-0.39, 0.29) is 6.10 Å². The minimum absolute atomic E-state index is 0.276. The van der Waals surface area contributed by atoms with Crippen LogP contribution >= 0.6 is 11.6 Å². The number of fused-ring (bicyclic) bond motifs is 1. The maximum Gasteiger partial charge on any atom is 0.191 e. The van der Waals surface area contributed by atoms with Gasteiger partial charge in [0.2, 0.25) is 0 Å². The number of rotatable bonds is 5. The topological polar surface area (TPSA) is 64.1 Å². The van der Waals surface area contributed by atoms with E-state index in [2.05, 4.69) is 15.6 Å². The summed E-state index contributed by atoms with van der Waals surface area (Å²) in [7, 11) is 0. The Hall–Kier alpha value is -1.66. The predicted octanol–water partition coefficient (Wildman–Crippen LogP) is 2.35. The second-order valence-electron chi connectivity index (χ2n) is 5.81. The van der Waals surface area contributed by atoms with Crippen molar-refractivity contribution in [1.82, 2.24) is 10.6 Å². The van der Waals surface area contributed by atoms with Crippen molar-refractivity contribution in [3.63, 3.8) is 0 Å². The number of nitrogens with one attached hydrogen (secondary N) is 2. The molecule has 0 radical (unpaired) electrons. The Morgan fingerprint density at radius 2 is 2.12 bits per heavy atom. The standard InChI is InChI=1S/C17H24ClN3O3/c1-2-19-17(21-11-13-4-3-5-22-13)20-10-12-8-14(18)16-15(9-12)23-6-7-24-16/h8-9,13H,2-7,10-11H2,1H3,(H2,19,20,21). The number of ether oxygens (including phenoxy) is 3. The molecule has 24 heavy (non-hydrogen) atoms. The van der Waals surface area contributed by atoms with Crippen molar-refractivity contribution in [3.8, 4) is 11.5 Å². The van der Waals surface area contributed by atoms with Crippen LogP contribution in [0.2, 0.25) is 5.02 Å². The molecule has 0 amide bonds. The molecule has 1 fully saturated rings. The van der Waals surface area contributed by atoms with Crippen LogP contribution in [0.1, 0.15) is 25.3 Å². The van der Waals surface area contributed by atoms with Gasteiger partial charge in [0.05, 0.1) is 17.7 Å². The Bertz CT molecular complexity index is 589. The van der Waals surface area contributed by atoms with Crippen LogP contribution in [-0.4, -0.2) is 45.0 Å². The number of benzene rings is 1. The van der Waals surface area contributed by atoms with E-state index < -0.39 is 0 Å². The highest BCUT2D eigenvalue weighted by atomic mass is 35.5. The monoisotopic (exact) mass is 353 g/mol. The van der Waals surface area contributed by atoms with Gasteiger partial charge in [-0.2, -0.15) is 0 Å². The Labute approximate surface area is 147 Å². The summed E-state index contributed by atoms with van der Waals surface area (Å²) >= 11 is 6.27. The fraction of sp³-hybridized carbons (Fsp3) is 0.588. The largest absolute Gasteiger partial charge is 0.486 e. The molecule has 0 aromatic heterocycles. The molecule has 0 spiro atoms. The summed E-state index contributed by atoms with van der Waals surface area (Å²) in [6.45, 7) is 6.06. The summed E-state index contributed by atoms with van der Waals surface area (Å²) in [6.07, 6.45) is 2.51. The fourth-order valence-corrected chi connectivity index (χ4v) is 3.07. The summed E-state index contributed by atoms with van der Waals surface area (Å²) in [5.41, 5.74) is 0.985. The van der Waals surface area contributed by atoms with Crippen molar-refractivity contribution >= 4 is 17.6 Å². The first-order chi connectivity index (χ1) is 11.8. The van der Waals surface area contributed by atoms with E-state index in [9.17, 15) is 0 Å². The number of nitrogens with zero attached hydrogens (tertiary/aromatic N) is 1. The molecular weight excluding hydrogens is 330 g/mol. The number of hydrogen-bond acceptors (Lipinski definition) is 4. The van der Waals surface area contributed by atoms with Crippen LogP contribution in [0, 0.1) is 0 Å². The van der Waals surface area contributed by atoms with Gasteiger partial charge >= 0.3 is 0 Å². The van der Waals surface area contributed by atoms with Gasteiger partial charge in [-0.25, -0.2) is 4.99 Å². The first-order valence-electron chi connectivity index (χ1n) is 8.48. The summed E-state index contributed by atoms with van der Waals surface area (Å²) in [5, 5.41) is 7.15. The zero-order valence-corrected chi connectivity index (χ0v) is 14.7. The van der Waals surface area contributed by atoms with Gasteiger partial charge in [0, 0.05) is 19.7 Å². The van der Waals surface area contributed by atoms with Crippen molar-refractivity contribution in [2.24, 2.45) is 4.99 Å². The van der Waals surface area contributed by atoms with E-state index in [0.29, 0.717) is 36.3 Å². The molecule has 0 aliphatic carbocycles. The molecule has 0 saturated carbocycles. The van der Waals surface area contributed by atoms with Gasteiger partial charge in [-0.05, 0) is 37.5 Å². The van der Waals surface area contributed by atoms with E-state index in [0.717, 1.165) is 44.1 Å². The molecule has 2 aliphatic heterocycles. The molecule has 2 heterocycles. The molecule has 7 heteroatoms. The normalized spacial score (nSPS) is 20.1. The maximum absolute atomic E-state index is 6.27. The minimum atomic E-state index is 0.276. The van der Waals surface area contributed by atoms with Crippen molar-refractivity contribution < 1.29 is 14.2 Å². The summed E-state index contributed by atoms with van der Waals surface area (Å²) in [6, 6.07) is 3.82.